The molecule has 104 valence electrons. The number of unbranched alkanes of at least 4 members (excludes halogenated alkanes) is 7. The number of aliphatic carboxylic acids is 1. The van der Waals surface area contributed by atoms with E-state index >= 15 is 0 Å². The first kappa shape index (κ1) is 21.1. The molecule has 0 spiro atoms. The van der Waals surface area contributed by atoms with Gasteiger partial charge in [-0.25, -0.2) is 0 Å². The van der Waals surface area contributed by atoms with Gasteiger partial charge in [-0.2, -0.15) is 13.2 Å². The number of alkyl halides is 3. The molecule has 0 aliphatic heterocycles. The Kier molecular flexibility index (Phi) is 15.1. The molecule has 0 saturated carbocycles. The summed E-state index contributed by atoms with van der Waals surface area (Å²) in [5.74, 6) is -0.767. The first-order valence-electron chi connectivity index (χ1n) is 6.20. The van der Waals surface area contributed by atoms with Crippen LogP contribution in [0.5, 0.6) is 0 Å². The number of rotatable bonds is 10. The molecule has 0 saturated heterocycles. The third-order valence-electron chi connectivity index (χ3n) is 2.60. The largest absolute Gasteiger partial charge is 0.481 e. The van der Waals surface area contributed by atoms with Crippen LogP contribution in [0.3, 0.4) is 0 Å². The van der Waals surface area contributed by atoms with E-state index in [0.29, 0.717) is 12.8 Å². The number of carboxylic acid groups (broad SMARTS) is 1. The van der Waals surface area contributed by atoms with E-state index < -0.39 is 18.6 Å². The molecule has 0 aliphatic carbocycles. The summed E-state index contributed by atoms with van der Waals surface area (Å²) in [7, 11) is 0. The molecule has 0 unspecified atom stereocenters. The van der Waals surface area contributed by atoms with Crippen LogP contribution < -0.4 is 0 Å². The average Bonchev–Trinajstić information content (AvgIpc) is 2.18. The molecule has 0 aliphatic rings. The van der Waals surface area contributed by atoms with Crippen LogP contribution in [0.1, 0.15) is 64.2 Å². The number of hydrogen-bond acceptors (Lipinski definition) is 1. The van der Waals surface area contributed by atoms with Gasteiger partial charge in [-0.1, -0.05) is 38.5 Å². The minimum absolute atomic E-state index is 0. The number of carboxylic acids is 1. The van der Waals surface area contributed by atoms with E-state index in [1.807, 2.05) is 0 Å². The fourth-order valence-electron chi connectivity index (χ4n) is 1.66. The molecule has 6 heteroatoms. The van der Waals surface area contributed by atoms with Gasteiger partial charge in [0.2, 0.25) is 0 Å². The number of halogens is 3. The van der Waals surface area contributed by atoms with Gasteiger partial charge in [0, 0.05) is 61.7 Å². The van der Waals surface area contributed by atoms with Crippen LogP contribution in [0, 0.1) is 0 Å². The molecule has 2 nitrogen and oxygen atoms in total. The SMILES string of the molecule is O=C(O)CCCCCCCCCCC(F)(F)F.[Ba]. The van der Waals surface area contributed by atoms with Crippen molar-refractivity contribution in [2.24, 2.45) is 0 Å². The van der Waals surface area contributed by atoms with Crippen molar-refractivity contribution in [3.8, 4) is 0 Å². The van der Waals surface area contributed by atoms with Crippen LogP contribution in [0.15, 0.2) is 0 Å². The van der Waals surface area contributed by atoms with Gasteiger partial charge in [0.05, 0.1) is 0 Å². The quantitative estimate of drug-likeness (QED) is 0.449. The summed E-state index contributed by atoms with van der Waals surface area (Å²) in [5, 5.41) is 8.39. The van der Waals surface area contributed by atoms with E-state index in [9.17, 15) is 18.0 Å². The van der Waals surface area contributed by atoms with E-state index in [2.05, 4.69) is 0 Å². The molecule has 0 amide bonds. The van der Waals surface area contributed by atoms with Crippen molar-refractivity contribution >= 4 is 54.9 Å². The van der Waals surface area contributed by atoms with Crippen molar-refractivity contribution in [2.75, 3.05) is 0 Å². The summed E-state index contributed by atoms with van der Waals surface area (Å²) in [4.78, 5) is 10.2. The minimum atomic E-state index is -4.02. The van der Waals surface area contributed by atoms with Gasteiger partial charge < -0.3 is 5.11 Å². The molecular weight excluding hydrogens is 370 g/mol. The van der Waals surface area contributed by atoms with Crippen molar-refractivity contribution in [1.82, 2.24) is 0 Å². The van der Waals surface area contributed by atoms with Crippen LogP contribution >= 0.6 is 0 Å². The number of hydrogen-bond donors (Lipinski definition) is 1. The predicted molar refractivity (Wildman–Crippen MR) is 65.6 cm³/mol. The minimum Gasteiger partial charge on any atom is -0.481 e. The van der Waals surface area contributed by atoms with Gasteiger partial charge in [-0.05, 0) is 12.8 Å². The second-order valence-electron chi connectivity index (χ2n) is 4.34. The van der Waals surface area contributed by atoms with Crippen molar-refractivity contribution in [3.63, 3.8) is 0 Å². The molecule has 0 aromatic heterocycles. The molecule has 0 rings (SSSR count). The van der Waals surface area contributed by atoms with Crippen molar-refractivity contribution in [2.45, 2.75) is 70.4 Å². The topological polar surface area (TPSA) is 37.3 Å². The molecule has 1 N–H and O–H groups in total. The zero-order valence-corrected chi connectivity index (χ0v) is 15.2. The average molecular weight is 392 g/mol. The van der Waals surface area contributed by atoms with Gasteiger partial charge in [-0.15, -0.1) is 0 Å². The fourth-order valence-corrected chi connectivity index (χ4v) is 1.66. The first-order chi connectivity index (χ1) is 7.92. The van der Waals surface area contributed by atoms with Crippen LogP contribution in [0.4, 0.5) is 13.2 Å². The van der Waals surface area contributed by atoms with Gasteiger partial charge in [0.1, 0.15) is 0 Å². The maximum atomic E-state index is 11.8. The molecule has 18 heavy (non-hydrogen) atoms. The van der Waals surface area contributed by atoms with Gasteiger partial charge >= 0.3 is 12.1 Å². The van der Waals surface area contributed by atoms with Crippen LogP contribution in [0.2, 0.25) is 0 Å². The standard InChI is InChI=1S/C12H21F3O2.Ba/c13-12(14,15)10-8-6-4-2-1-3-5-7-9-11(16)17;/h1-10H2,(H,16,17);. The second-order valence-corrected chi connectivity index (χ2v) is 4.34. The zero-order valence-electron chi connectivity index (χ0n) is 10.8. The normalized spacial score (nSPS) is 11.1. The van der Waals surface area contributed by atoms with Crippen LogP contribution in [-0.4, -0.2) is 66.1 Å². The summed E-state index contributed by atoms with van der Waals surface area (Å²) < 4.78 is 35.4. The monoisotopic (exact) mass is 392 g/mol. The van der Waals surface area contributed by atoms with E-state index in [-0.39, 0.29) is 61.7 Å². The number of carbonyl (C=O) groups is 1. The maximum absolute atomic E-state index is 11.8. The summed E-state index contributed by atoms with van der Waals surface area (Å²) in [6.45, 7) is 0. The summed E-state index contributed by atoms with van der Waals surface area (Å²) >= 11 is 0. The third kappa shape index (κ3) is 19.2. The van der Waals surface area contributed by atoms with E-state index in [4.69, 9.17) is 5.11 Å². The van der Waals surface area contributed by atoms with Crippen molar-refractivity contribution in [1.29, 1.82) is 0 Å². The Morgan fingerprint density at radius 2 is 1.22 bits per heavy atom. The maximum Gasteiger partial charge on any atom is 0.389 e. The van der Waals surface area contributed by atoms with E-state index in [0.717, 1.165) is 32.1 Å². The second kappa shape index (κ2) is 12.8. The van der Waals surface area contributed by atoms with Gasteiger partial charge in [0.25, 0.3) is 0 Å². The summed E-state index contributed by atoms with van der Waals surface area (Å²) in [6.07, 6.45) is 1.74. The van der Waals surface area contributed by atoms with E-state index in [1.54, 1.807) is 0 Å². The molecular formula is C12H21BaF3O2. The molecule has 2 radical (unpaired) electrons. The first-order valence-corrected chi connectivity index (χ1v) is 6.20. The smallest absolute Gasteiger partial charge is 0.389 e. The van der Waals surface area contributed by atoms with E-state index in [1.165, 1.54) is 0 Å². The third-order valence-corrected chi connectivity index (χ3v) is 2.60. The summed E-state index contributed by atoms with van der Waals surface area (Å²) in [6, 6.07) is 0. The molecule has 0 aromatic rings. The zero-order chi connectivity index (χ0) is 13.1. The van der Waals surface area contributed by atoms with Gasteiger partial charge in [0.15, 0.2) is 0 Å². The Hall–Kier alpha value is 0.831. The van der Waals surface area contributed by atoms with Crippen LogP contribution in [-0.2, 0) is 4.79 Å². The Balaban J connectivity index is 0. The predicted octanol–water partition coefficient (Wildman–Crippen LogP) is 4.15. The molecule has 0 aromatic carbocycles. The Morgan fingerprint density at radius 3 is 1.61 bits per heavy atom. The van der Waals surface area contributed by atoms with Crippen molar-refractivity contribution < 1.29 is 23.1 Å². The Morgan fingerprint density at radius 1 is 0.833 bits per heavy atom. The summed E-state index contributed by atoms with van der Waals surface area (Å²) in [5.41, 5.74) is 0. The molecule has 0 heterocycles. The van der Waals surface area contributed by atoms with Gasteiger partial charge in [-0.3, -0.25) is 4.79 Å². The fraction of sp³-hybridized carbons (Fsp3) is 0.917. The molecule has 0 bridgehead atoms. The van der Waals surface area contributed by atoms with Crippen LogP contribution in [0.25, 0.3) is 0 Å². The Bertz CT molecular complexity index is 208. The molecule has 0 fully saturated rings. The Labute approximate surface area is 147 Å². The molecule has 0 atom stereocenters. The van der Waals surface area contributed by atoms with Crippen molar-refractivity contribution in [3.05, 3.63) is 0 Å².